The third-order valence-electron chi connectivity index (χ3n) is 11.8. The van der Waals surface area contributed by atoms with E-state index in [1.807, 2.05) is 60.7 Å². The van der Waals surface area contributed by atoms with Crippen LogP contribution in [0.15, 0.2) is 223 Å². The lowest BCUT2D eigenvalue weighted by Gasteiger charge is -2.13. The molecule has 0 fully saturated rings. The van der Waals surface area contributed by atoms with Crippen LogP contribution in [0.3, 0.4) is 0 Å². The van der Waals surface area contributed by atoms with E-state index in [0.29, 0.717) is 17.5 Å². The number of furan rings is 1. The predicted molar refractivity (Wildman–Crippen MR) is 254 cm³/mol. The normalized spacial score (nSPS) is 11.5. The van der Waals surface area contributed by atoms with Gasteiger partial charge in [-0.15, -0.1) is 0 Å². The molecule has 0 aliphatic carbocycles. The molecule has 3 heterocycles. The summed E-state index contributed by atoms with van der Waals surface area (Å²) in [7, 11) is 0. The molecule has 62 heavy (non-hydrogen) atoms. The van der Waals surface area contributed by atoms with Crippen LogP contribution < -0.4 is 0 Å². The van der Waals surface area contributed by atoms with Crippen molar-refractivity contribution in [1.82, 2.24) is 19.5 Å². The molecule has 12 rings (SSSR count). The highest BCUT2D eigenvalue weighted by molar-refractivity contribution is 6.12. The second-order valence-corrected chi connectivity index (χ2v) is 15.6. The standard InChI is InChI=1S/C57H36N4O/c1-4-16-37(17-5-1)42-32-43(38-18-6-2-7-19-38)34-44(33-42)40-30-31-47-46-24-10-12-27-50(46)61(51(47)36-40)45-23-14-22-41(35-45)56-58-55(39-20-8-3-9-21-39)59-57(60-56)49-26-15-29-53-54(49)48-25-11-13-28-52(48)62-53/h1-36H. The summed E-state index contributed by atoms with van der Waals surface area (Å²) in [5.74, 6) is 1.79. The van der Waals surface area contributed by atoms with E-state index in [9.17, 15) is 0 Å². The molecule has 0 aliphatic rings. The summed E-state index contributed by atoms with van der Waals surface area (Å²) < 4.78 is 8.66. The molecule has 290 valence electrons. The van der Waals surface area contributed by atoms with E-state index in [2.05, 4.69) is 162 Å². The first-order chi connectivity index (χ1) is 30.7. The topological polar surface area (TPSA) is 56.7 Å². The first-order valence-corrected chi connectivity index (χ1v) is 20.8. The van der Waals surface area contributed by atoms with E-state index in [4.69, 9.17) is 19.4 Å². The molecule has 0 aliphatic heterocycles. The van der Waals surface area contributed by atoms with Crippen LogP contribution in [0.5, 0.6) is 0 Å². The number of para-hydroxylation sites is 2. The molecule has 0 atom stereocenters. The molecule has 0 N–H and O–H groups in total. The van der Waals surface area contributed by atoms with Gasteiger partial charge in [-0.3, -0.25) is 0 Å². The van der Waals surface area contributed by atoms with Crippen molar-refractivity contribution in [3.63, 3.8) is 0 Å². The van der Waals surface area contributed by atoms with E-state index in [-0.39, 0.29) is 0 Å². The van der Waals surface area contributed by atoms with Crippen molar-refractivity contribution < 1.29 is 4.42 Å². The van der Waals surface area contributed by atoms with Crippen LogP contribution >= 0.6 is 0 Å². The second kappa shape index (κ2) is 14.7. The van der Waals surface area contributed by atoms with Crippen LogP contribution in [-0.4, -0.2) is 19.5 Å². The Labute approximate surface area is 357 Å². The monoisotopic (exact) mass is 792 g/mol. The lowest BCUT2D eigenvalue weighted by atomic mass is 9.93. The number of rotatable bonds is 7. The van der Waals surface area contributed by atoms with Gasteiger partial charge in [0, 0.05) is 43.9 Å². The summed E-state index contributed by atoms with van der Waals surface area (Å²) in [6.07, 6.45) is 0. The van der Waals surface area contributed by atoms with Gasteiger partial charge in [-0.25, -0.2) is 15.0 Å². The zero-order chi connectivity index (χ0) is 41.0. The van der Waals surface area contributed by atoms with E-state index in [1.165, 1.54) is 33.0 Å². The summed E-state index contributed by atoms with van der Waals surface area (Å²) in [5, 5.41) is 4.39. The van der Waals surface area contributed by atoms with E-state index >= 15 is 0 Å². The van der Waals surface area contributed by atoms with Crippen molar-refractivity contribution in [3.05, 3.63) is 218 Å². The largest absolute Gasteiger partial charge is 0.456 e. The maximum absolute atomic E-state index is 6.29. The minimum absolute atomic E-state index is 0.588. The Hall–Kier alpha value is -8.41. The Kier molecular flexibility index (Phi) is 8.42. The molecule has 5 heteroatoms. The first-order valence-electron chi connectivity index (χ1n) is 20.8. The van der Waals surface area contributed by atoms with Gasteiger partial charge < -0.3 is 8.98 Å². The van der Waals surface area contributed by atoms with E-state index < -0.39 is 0 Å². The number of benzene rings is 9. The highest BCUT2D eigenvalue weighted by atomic mass is 16.3. The fourth-order valence-electron chi connectivity index (χ4n) is 8.90. The van der Waals surface area contributed by atoms with Gasteiger partial charge in [0.1, 0.15) is 11.2 Å². The Bertz CT molecular complexity index is 3570. The second-order valence-electron chi connectivity index (χ2n) is 15.6. The summed E-state index contributed by atoms with van der Waals surface area (Å²) in [5.41, 5.74) is 14.6. The number of fused-ring (bicyclic) bond motifs is 6. The fourth-order valence-corrected chi connectivity index (χ4v) is 8.90. The number of aromatic nitrogens is 4. The van der Waals surface area contributed by atoms with Gasteiger partial charge in [-0.05, 0) is 88.0 Å². The highest BCUT2D eigenvalue weighted by Crippen LogP contribution is 2.40. The maximum atomic E-state index is 6.29. The van der Waals surface area contributed by atoms with Gasteiger partial charge in [0.05, 0.1) is 11.0 Å². The summed E-state index contributed by atoms with van der Waals surface area (Å²) in [6, 6.07) is 76.6. The van der Waals surface area contributed by atoms with Gasteiger partial charge in [0.15, 0.2) is 17.5 Å². The fraction of sp³-hybridized carbons (Fsp3) is 0. The van der Waals surface area contributed by atoms with Crippen molar-refractivity contribution >= 4 is 43.7 Å². The van der Waals surface area contributed by atoms with E-state index in [1.54, 1.807) is 0 Å². The van der Waals surface area contributed by atoms with Crippen LogP contribution in [0.2, 0.25) is 0 Å². The molecule has 9 aromatic carbocycles. The molecule has 0 amide bonds. The molecule has 0 unspecified atom stereocenters. The SMILES string of the molecule is c1ccc(-c2cc(-c3ccccc3)cc(-c3ccc4c5ccccc5n(-c5cccc(-c6nc(-c7ccccc7)nc(-c7cccc8oc9ccccc9c78)n6)c5)c4c3)c2)cc1. The lowest BCUT2D eigenvalue weighted by molar-refractivity contribution is 0.669. The number of hydrogen-bond donors (Lipinski definition) is 0. The molecule has 5 nitrogen and oxygen atoms in total. The minimum Gasteiger partial charge on any atom is -0.456 e. The first kappa shape index (κ1) is 35.5. The lowest BCUT2D eigenvalue weighted by Crippen LogP contribution is -2.01. The predicted octanol–water partition coefficient (Wildman–Crippen LogP) is 14.9. The average Bonchev–Trinajstić information content (AvgIpc) is 3.90. The highest BCUT2D eigenvalue weighted by Gasteiger charge is 2.19. The molecule has 0 bridgehead atoms. The van der Waals surface area contributed by atoms with Gasteiger partial charge in [0.25, 0.3) is 0 Å². The van der Waals surface area contributed by atoms with Crippen molar-refractivity contribution in [2.45, 2.75) is 0 Å². The Morgan fingerprint density at radius 3 is 1.56 bits per heavy atom. The smallest absolute Gasteiger partial charge is 0.164 e. The van der Waals surface area contributed by atoms with Crippen molar-refractivity contribution in [3.8, 4) is 73.2 Å². The average molecular weight is 793 g/mol. The van der Waals surface area contributed by atoms with Crippen LogP contribution in [-0.2, 0) is 0 Å². The third-order valence-corrected chi connectivity index (χ3v) is 11.8. The van der Waals surface area contributed by atoms with Gasteiger partial charge in [-0.2, -0.15) is 0 Å². The van der Waals surface area contributed by atoms with Crippen molar-refractivity contribution in [1.29, 1.82) is 0 Å². The number of nitrogens with zero attached hydrogens (tertiary/aromatic N) is 4. The minimum atomic E-state index is 0.588. The van der Waals surface area contributed by atoms with Crippen molar-refractivity contribution in [2.75, 3.05) is 0 Å². The Balaban J connectivity index is 1.04. The van der Waals surface area contributed by atoms with Gasteiger partial charge >= 0.3 is 0 Å². The van der Waals surface area contributed by atoms with Gasteiger partial charge in [0.2, 0.25) is 0 Å². The Morgan fingerprint density at radius 1 is 0.306 bits per heavy atom. The van der Waals surface area contributed by atoms with Crippen LogP contribution in [0.1, 0.15) is 0 Å². The molecule has 3 aromatic heterocycles. The van der Waals surface area contributed by atoms with Gasteiger partial charge in [-0.1, -0.05) is 164 Å². The quantitative estimate of drug-likeness (QED) is 0.161. The molecular formula is C57H36N4O. The van der Waals surface area contributed by atoms with Crippen molar-refractivity contribution in [2.24, 2.45) is 0 Å². The van der Waals surface area contributed by atoms with Crippen LogP contribution in [0, 0.1) is 0 Å². The van der Waals surface area contributed by atoms with Crippen LogP contribution in [0.25, 0.3) is 117 Å². The van der Waals surface area contributed by atoms with Crippen LogP contribution in [0.4, 0.5) is 0 Å². The zero-order valence-electron chi connectivity index (χ0n) is 33.5. The molecule has 0 spiro atoms. The Morgan fingerprint density at radius 2 is 0.839 bits per heavy atom. The molecule has 0 radical (unpaired) electrons. The maximum Gasteiger partial charge on any atom is 0.164 e. The molecule has 12 aromatic rings. The molecule has 0 saturated carbocycles. The molecule has 0 saturated heterocycles. The third kappa shape index (κ3) is 6.14. The molecular weight excluding hydrogens is 757 g/mol. The summed E-state index contributed by atoms with van der Waals surface area (Å²) in [6.45, 7) is 0. The summed E-state index contributed by atoms with van der Waals surface area (Å²) in [4.78, 5) is 15.5. The summed E-state index contributed by atoms with van der Waals surface area (Å²) >= 11 is 0. The number of hydrogen-bond acceptors (Lipinski definition) is 4. The zero-order valence-corrected chi connectivity index (χ0v) is 33.5. The van der Waals surface area contributed by atoms with E-state index in [0.717, 1.165) is 66.5 Å².